The summed E-state index contributed by atoms with van der Waals surface area (Å²) in [7, 11) is 0. The Hall–Kier alpha value is -1.48. The highest BCUT2D eigenvalue weighted by molar-refractivity contribution is 5.22. The third-order valence-electron chi connectivity index (χ3n) is 3.01. The van der Waals surface area contributed by atoms with Gasteiger partial charge in [-0.25, -0.2) is 5.32 Å². The molecule has 2 aliphatic heterocycles. The topological polar surface area (TPSA) is 29.4 Å². The number of piperazine rings is 1. The normalized spacial score (nSPS) is 28.7. The summed E-state index contributed by atoms with van der Waals surface area (Å²) in [6, 6.07) is 10.8. The number of nitrogens with one attached hydrogen (secondary N) is 1. The summed E-state index contributed by atoms with van der Waals surface area (Å²) in [5.74, 6) is 0. The van der Waals surface area contributed by atoms with Crippen LogP contribution in [0.3, 0.4) is 0 Å². The Bertz CT molecular complexity index is 360. The summed E-state index contributed by atoms with van der Waals surface area (Å²) in [5, 5.41) is 8.06. The molecule has 3 rings (SSSR count). The number of benzene rings is 1. The molecule has 0 aromatic heterocycles. The van der Waals surface area contributed by atoms with Crippen LogP contribution in [0.5, 0.6) is 0 Å². The van der Waals surface area contributed by atoms with Gasteiger partial charge in [0.05, 0.1) is 6.04 Å². The van der Waals surface area contributed by atoms with Crippen LogP contribution in [0, 0.1) is 0 Å². The summed E-state index contributed by atoms with van der Waals surface area (Å²) < 4.78 is 0. The van der Waals surface area contributed by atoms with Gasteiger partial charge in [-0.3, -0.25) is 0 Å². The van der Waals surface area contributed by atoms with Gasteiger partial charge in [0.15, 0.2) is 0 Å². The standard InChI is InChI=1S/C12H14N3/c1-2-4-10(5-3-1)11-12-14-7-9-15(12)8-6-13-11/h1-5,7,9,11-12,14H,6,8H2. The van der Waals surface area contributed by atoms with E-state index >= 15 is 0 Å². The maximum Gasteiger partial charge on any atom is 0.120 e. The quantitative estimate of drug-likeness (QED) is 0.734. The van der Waals surface area contributed by atoms with Gasteiger partial charge in [0.2, 0.25) is 0 Å². The maximum atomic E-state index is 4.70. The number of rotatable bonds is 1. The van der Waals surface area contributed by atoms with Crippen molar-refractivity contribution in [2.75, 3.05) is 13.1 Å². The van der Waals surface area contributed by atoms with Gasteiger partial charge in [-0.1, -0.05) is 30.3 Å². The molecule has 0 saturated carbocycles. The summed E-state index contributed by atoms with van der Waals surface area (Å²) in [6.07, 6.45) is 4.46. The van der Waals surface area contributed by atoms with Gasteiger partial charge in [-0.2, -0.15) is 0 Å². The Labute approximate surface area is 89.8 Å². The summed E-state index contributed by atoms with van der Waals surface area (Å²) in [6.45, 7) is 1.94. The van der Waals surface area contributed by atoms with Crippen molar-refractivity contribution >= 4 is 0 Å². The van der Waals surface area contributed by atoms with Crippen molar-refractivity contribution in [3.05, 3.63) is 48.3 Å². The molecular formula is C12H14N3. The van der Waals surface area contributed by atoms with Crippen molar-refractivity contribution in [3.63, 3.8) is 0 Å². The predicted molar refractivity (Wildman–Crippen MR) is 59.0 cm³/mol. The van der Waals surface area contributed by atoms with Crippen molar-refractivity contribution in [1.82, 2.24) is 15.5 Å². The van der Waals surface area contributed by atoms with Crippen LogP contribution >= 0.6 is 0 Å². The first-order valence-electron chi connectivity index (χ1n) is 5.35. The monoisotopic (exact) mass is 200 g/mol. The minimum absolute atomic E-state index is 0.259. The molecule has 1 N–H and O–H groups in total. The average molecular weight is 200 g/mol. The van der Waals surface area contributed by atoms with Gasteiger partial charge in [0.1, 0.15) is 6.17 Å². The Morgan fingerprint density at radius 3 is 3.00 bits per heavy atom. The van der Waals surface area contributed by atoms with Gasteiger partial charge in [0, 0.05) is 25.5 Å². The zero-order valence-corrected chi connectivity index (χ0v) is 8.50. The Morgan fingerprint density at radius 2 is 2.13 bits per heavy atom. The molecule has 1 fully saturated rings. The summed E-state index contributed by atoms with van der Waals surface area (Å²) in [4.78, 5) is 2.32. The SMILES string of the molecule is C1=CN2CC[N]C(c3ccccc3)C2N1. The molecule has 0 spiro atoms. The average Bonchev–Trinajstić information content (AvgIpc) is 2.78. The number of fused-ring (bicyclic) bond motifs is 1. The summed E-state index contributed by atoms with van der Waals surface area (Å²) >= 11 is 0. The van der Waals surface area contributed by atoms with E-state index in [2.05, 4.69) is 40.7 Å². The molecule has 3 nitrogen and oxygen atoms in total. The van der Waals surface area contributed by atoms with Crippen LogP contribution in [0.15, 0.2) is 42.7 Å². The lowest BCUT2D eigenvalue weighted by Crippen LogP contribution is -2.50. The molecular weight excluding hydrogens is 186 g/mol. The minimum Gasteiger partial charge on any atom is -0.368 e. The van der Waals surface area contributed by atoms with Gasteiger partial charge >= 0.3 is 0 Å². The first-order chi connectivity index (χ1) is 7.45. The molecule has 2 heterocycles. The highest BCUT2D eigenvalue weighted by Gasteiger charge is 2.32. The molecule has 0 amide bonds. The second-order valence-corrected chi connectivity index (χ2v) is 3.93. The Balaban J connectivity index is 1.87. The van der Waals surface area contributed by atoms with Gasteiger partial charge in [-0.15, -0.1) is 0 Å². The lowest BCUT2D eigenvalue weighted by atomic mass is 10.0. The molecule has 15 heavy (non-hydrogen) atoms. The van der Waals surface area contributed by atoms with Crippen molar-refractivity contribution in [1.29, 1.82) is 0 Å². The molecule has 77 valence electrons. The molecule has 2 aliphatic rings. The third-order valence-corrected chi connectivity index (χ3v) is 3.01. The lowest BCUT2D eigenvalue weighted by Gasteiger charge is -2.37. The largest absolute Gasteiger partial charge is 0.368 e. The fraction of sp³-hybridized carbons (Fsp3) is 0.333. The van der Waals surface area contributed by atoms with Gasteiger partial charge in [0.25, 0.3) is 0 Å². The van der Waals surface area contributed by atoms with Crippen LogP contribution in [0.1, 0.15) is 11.6 Å². The van der Waals surface area contributed by atoms with Crippen molar-refractivity contribution in [2.45, 2.75) is 12.2 Å². The second-order valence-electron chi connectivity index (χ2n) is 3.93. The number of hydrogen-bond acceptors (Lipinski definition) is 2. The van der Waals surface area contributed by atoms with Gasteiger partial charge < -0.3 is 10.2 Å². The molecule has 2 unspecified atom stereocenters. The van der Waals surface area contributed by atoms with E-state index in [9.17, 15) is 0 Å². The van der Waals surface area contributed by atoms with E-state index in [0.29, 0.717) is 6.17 Å². The molecule has 1 radical (unpaired) electrons. The van der Waals surface area contributed by atoms with E-state index in [1.807, 2.05) is 12.3 Å². The number of hydrogen-bond donors (Lipinski definition) is 1. The second kappa shape index (κ2) is 3.59. The lowest BCUT2D eigenvalue weighted by molar-refractivity contribution is 0.171. The van der Waals surface area contributed by atoms with E-state index in [1.54, 1.807) is 0 Å². The first-order valence-corrected chi connectivity index (χ1v) is 5.35. The van der Waals surface area contributed by atoms with Crippen LogP contribution in [0.4, 0.5) is 0 Å². The fourth-order valence-corrected chi connectivity index (χ4v) is 2.26. The van der Waals surface area contributed by atoms with Crippen LogP contribution < -0.4 is 10.6 Å². The van der Waals surface area contributed by atoms with Crippen molar-refractivity contribution < 1.29 is 0 Å². The predicted octanol–water partition coefficient (Wildman–Crippen LogP) is 1.05. The highest BCUT2D eigenvalue weighted by atomic mass is 15.3. The zero-order valence-electron chi connectivity index (χ0n) is 8.50. The van der Waals surface area contributed by atoms with E-state index in [0.717, 1.165) is 13.1 Å². The Kier molecular flexibility index (Phi) is 2.10. The molecule has 2 atom stereocenters. The van der Waals surface area contributed by atoms with Gasteiger partial charge in [-0.05, 0) is 5.56 Å². The smallest absolute Gasteiger partial charge is 0.120 e. The Morgan fingerprint density at radius 1 is 1.27 bits per heavy atom. The van der Waals surface area contributed by atoms with Crippen LogP contribution in [0.25, 0.3) is 0 Å². The molecule has 0 aliphatic carbocycles. The molecule has 1 aromatic rings. The number of nitrogens with zero attached hydrogens (tertiary/aromatic N) is 2. The van der Waals surface area contributed by atoms with E-state index in [4.69, 9.17) is 5.32 Å². The van der Waals surface area contributed by atoms with Crippen LogP contribution in [0.2, 0.25) is 0 Å². The molecule has 0 bridgehead atoms. The van der Waals surface area contributed by atoms with E-state index in [-0.39, 0.29) is 6.04 Å². The first kappa shape index (κ1) is 8.80. The molecule has 1 aromatic carbocycles. The van der Waals surface area contributed by atoms with E-state index in [1.165, 1.54) is 5.56 Å². The van der Waals surface area contributed by atoms with Crippen LogP contribution in [-0.2, 0) is 0 Å². The van der Waals surface area contributed by atoms with Crippen LogP contribution in [-0.4, -0.2) is 24.2 Å². The third kappa shape index (κ3) is 1.49. The molecule has 3 heteroatoms. The minimum atomic E-state index is 0.259. The fourth-order valence-electron chi connectivity index (χ4n) is 2.26. The van der Waals surface area contributed by atoms with E-state index < -0.39 is 0 Å². The zero-order chi connectivity index (χ0) is 10.1. The van der Waals surface area contributed by atoms with Crippen molar-refractivity contribution in [3.8, 4) is 0 Å². The highest BCUT2D eigenvalue weighted by Crippen LogP contribution is 2.25. The summed E-state index contributed by atoms with van der Waals surface area (Å²) in [5.41, 5.74) is 1.29. The maximum absolute atomic E-state index is 4.70. The van der Waals surface area contributed by atoms with Crippen molar-refractivity contribution in [2.24, 2.45) is 0 Å². The molecule has 1 saturated heterocycles.